The molecule has 0 spiro atoms. The fraction of sp³-hybridized carbons (Fsp3) is 0.600. The first-order valence-electron chi connectivity index (χ1n) is 6.50. The first-order chi connectivity index (χ1) is 8.13. The van der Waals surface area contributed by atoms with Crippen LogP contribution in [0.1, 0.15) is 37.8 Å². The van der Waals surface area contributed by atoms with Gasteiger partial charge in [-0.15, -0.1) is 0 Å². The Labute approximate surface area is 104 Å². The lowest BCUT2D eigenvalue weighted by Gasteiger charge is -2.27. The van der Waals surface area contributed by atoms with Crippen molar-refractivity contribution in [2.75, 3.05) is 13.7 Å². The van der Waals surface area contributed by atoms with Crippen LogP contribution in [-0.2, 0) is 16.8 Å². The molecule has 1 N–H and O–H groups in total. The van der Waals surface area contributed by atoms with E-state index in [4.69, 9.17) is 4.74 Å². The minimum Gasteiger partial charge on any atom is -0.374 e. The lowest BCUT2D eigenvalue weighted by Crippen LogP contribution is -2.27. The van der Waals surface area contributed by atoms with Crippen LogP contribution in [0.15, 0.2) is 24.3 Å². The van der Waals surface area contributed by atoms with Crippen LogP contribution in [0.5, 0.6) is 0 Å². The van der Waals surface area contributed by atoms with Crippen LogP contribution < -0.4 is 5.32 Å². The van der Waals surface area contributed by atoms with Gasteiger partial charge in [0.2, 0.25) is 0 Å². The molecule has 1 aliphatic rings. The van der Waals surface area contributed by atoms with Crippen LogP contribution in [0.2, 0.25) is 0 Å². The van der Waals surface area contributed by atoms with Crippen LogP contribution in [0.3, 0.4) is 0 Å². The van der Waals surface area contributed by atoms with E-state index in [0.717, 1.165) is 6.42 Å². The summed E-state index contributed by atoms with van der Waals surface area (Å²) in [6.45, 7) is 5.43. The molecule has 17 heavy (non-hydrogen) atoms. The molecule has 0 aromatic heterocycles. The molecule has 0 bridgehead atoms. The largest absolute Gasteiger partial charge is 0.374 e. The SMILES string of the molecule is COC(C)(C)c1ccccc1CC1CCCN1. The Morgan fingerprint density at radius 1 is 1.35 bits per heavy atom. The van der Waals surface area contributed by atoms with Crippen LogP contribution in [-0.4, -0.2) is 19.7 Å². The highest BCUT2D eigenvalue weighted by atomic mass is 16.5. The highest BCUT2D eigenvalue weighted by molar-refractivity contribution is 5.32. The maximum atomic E-state index is 5.61. The van der Waals surface area contributed by atoms with Gasteiger partial charge in [-0.25, -0.2) is 0 Å². The molecule has 1 aliphatic heterocycles. The lowest BCUT2D eigenvalue weighted by atomic mass is 9.89. The number of ether oxygens (including phenoxy) is 1. The lowest BCUT2D eigenvalue weighted by molar-refractivity contribution is 0.0184. The first-order valence-corrected chi connectivity index (χ1v) is 6.50. The number of nitrogens with one attached hydrogen (secondary N) is 1. The zero-order valence-corrected chi connectivity index (χ0v) is 11.1. The van der Waals surface area contributed by atoms with E-state index in [0.29, 0.717) is 6.04 Å². The smallest absolute Gasteiger partial charge is 0.0874 e. The predicted molar refractivity (Wildman–Crippen MR) is 71.2 cm³/mol. The second kappa shape index (κ2) is 5.19. The first kappa shape index (κ1) is 12.6. The van der Waals surface area contributed by atoms with Gasteiger partial charge < -0.3 is 10.1 Å². The fourth-order valence-corrected chi connectivity index (χ4v) is 2.59. The van der Waals surface area contributed by atoms with E-state index in [1.54, 1.807) is 7.11 Å². The Morgan fingerprint density at radius 3 is 2.76 bits per heavy atom. The van der Waals surface area contributed by atoms with Crippen LogP contribution >= 0.6 is 0 Å². The number of hydrogen-bond donors (Lipinski definition) is 1. The van der Waals surface area contributed by atoms with Crippen molar-refractivity contribution in [1.82, 2.24) is 5.32 Å². The maximum absolute atomic E-state index is 5.61. The fourth-order valence-electron chi connectivity index (χ4n) is 2.59. The molecule has 1 saturated heterocycles. The molecule has 2 nitrogen and oxygen atoms in total. The summed E-state index contributed by atoms with van der Waals surface area (Å²) in [5, 5.41) is 3.56. The van der Waals surface area contributed by atoms with E-state index in [1.165, 1.54) is 30.5 Å². The van der Waals surface area contributed by atoms with Crippen molar-refractivity contribution < 1.29 is 4.74 Å². The summed E-state index contributed by atoms with van der Waals surface area (Å²) in [6, 6.07) is 9.29. The summed E-state index contributed by atoms with van der Waals surface area (Å²) in [6.07, 6.45) is 3.71. The van der Waals surface area contributed by atoms with Gasteiger partial charge in [0.25, 0.3) is 0 Å². The molecule has 0 radical (unpaired) electrons. The standard InChI is InChI=1S/C15H23NO/c1-15(2,17-3)14-9-5-4-7-12(14)11-13-8-6-10-16-13/h4-5,7,9,13,16H,6,8,10-11H2,1-3H3. The highest BCUT2D eigenvalue weighted by Gasteiger charge is 2.24. The van der Waals surface area contributed by atoms with Crippen LogP contribution in [0, 0.1) is 0 Å². The van der Waals surface area contributed by atoms with E-state index in [9.17, 15) is 0 Å². The second-order valence-electron chi connectivity index (χ2n) is 5.37. The summed E-state index contributed by atoms with van der Waals surface area (Å²) in [4.78, 5) is 0. The zero-order valence-electron chi connectivity index (χ0n) is 11.1. The van der Waals surface area contributed by atoms with Crippen molar-refractivity contribution in [3.8, 4) is 0 Å². The number of hydrogen-bond acceptors (Lipinski definition) is 2. The summed E-state index contributed by atoms with van der Waals surface area (Å²) in [5.41, 5.74) is 2.53. The van der Waals surface area contributed by atoms with Gasteiger partial charge in [-0.3, -0.25) is 0 Å². The van der Waals surface area contributed by atoms with E-state index in [1.807, 2.05) is 0 Å². The molecule has 94 valence electrons. The highest BCUT2D eigenvalue weighted by Crippen LogP contribution is 2.28. The average Bonchev–Trinajstić information content (AvgIpc) is 2.82. The minimum atomic E-state index is -0.199. The van der Waals surface area contributed by atoms with E-state index in [2.05, 4.69) is 43.4 Å². The molecule has 0 saturated carbocycles. The van der Waals surface area contributed by atoms with Gasteiger partial charge in [0.1, 0.15) is 0 Å². The molecular weight excluding hydrogens is 210 g/mol. The summed E-state index contributed by atoms with van der Waals surface area (Å²) >= 11 is 0. The molecule has 2 heteroatoms. The van der Waals surface area contributed by atoms with Crippen LogP contribution in [0.25, 0.3) is 0 Å². The second-order valence-corrected chi connectivity index (χ2v) is 5.37. The van der Waals surface area contributed by atoms with E-state index in [-0.39, 0.29) is 5.60 Å². The Balaban J connectivity index is 2.21. The number of rotatable bonds is 4. The van der Waals surface area contributed by atoms with Gasteiger partial charge in [-0.2, -0.15) is 0 Å². The zero-order chi connectivity index (χ0) is 12.3. The van der Waals surface area contributed by atoms with Crippen molar-refractivity contribution in [1.29, 1.82) is 0 Å². The van der Waals surface area contributed by atoms with Crippen molar-refractivity contribution in [2.45, 2.75) is 44.8 Å². The molecule has 1 aromatic carbocycles. The van der Waals surface area contributed by atoms with Gasteiger partial charge >= 0.3 is 0 Å². The third-order valence-corrected chi connectivity index (χ3v) is 3.80. The monoisotopic (exact) mass is 233 g/mol. The summed E-state index contributed by atoms with van der Waals surface area (Å²) < 4.78 is 5.61. The Morgan fingerprint density at radius 2 is 2.12 bits per heavy atom. The van der Waals surface area contributed by atoms with Gasteiger partial charge in [0.15, 0.2) is 0 Å². The maximum Gasteiger partial charge on any atom is 0.0874 e. The van der Waals surface area contributed by atoms with E-state index >= 15 is 0 Å². The van der Waals surface area contributed by atoms with Crippen molar-refractivity contribution in [3.63, 3.8) is 0 Å². The van der Waals surface area contributed by atoms with Gasteiger partial charge in [0.05, 0.1) is 5.60 Å². The topological polar surface area (TPSA) is 21.3 Å². The molecule has 1 heterocycles. The van der Waals surface area contributed by atoms with Crippen LogP contribution in [0.4, 0.5) is 0 Å². The molecule has 1 unspecified atom stereocenters. The van der Waals surface area contributed by atoms with Gasteiger partial charge in [-0.05, 0) is 50.8 Å². The molecule has 1 atom stereocenters. The summed E-state index contributed by atoms with van der Waals surface area (Å²) in [7, 11) is 1.78. The van der Waals surface area contributed by atoms with Crippen molar-refractivity contribution in [2.24, 2.45) is 0 Å². The van der Waals surface area contributed by atoms with Crippen molar-refractivity contribution in [3.05, 3.63) is 35.4 Å². The van der Waals surface area contributed by atoms with E-state index < -0.39 is 0 Å². The quantitative estimate of drug-likeness (QED) is 0.863. The minimum absolute atomic E-state index is 0.199. The predicted octanol–water partition coefficient (Wildman–Crippen LogP) is 2.86. The van der Waals surface area contributed by atoms with Crippen molar-refractivity contribution >= 4 is 0 Å². The normalized spacial score (nSPS) is 20.8. The number of benzene rings is 1. The Bertz CT molecular complexity index is 367. The average molecular weight is 233 g/mol. The van der Waals surface area contributed by atoms with Gasteiger partial charge in [0, 0.05) is 13.2 Å². The summed E-state index contributed by atoms with van der Waals surface area (Å²) in [5.74, 6) is 0. The molecule has 2 rings (SSSR count). The third kappa shape index (κ3) is 2.88. The van der Waals surface area contributed by atoms with Gasteiger partial charge in [-0.1, -0.05) is 24.3 Å². The molecule has 0 amide bonds. The molecule has 1 fully saturated rings. The molecular formula is C15H23NO. The molecule has 0 aliphatic carbocycles. The Hall–Kier alpha value is -0.860. The number of methoxy groups -OCH3 is 1. The Kier molecular flexibility index (Phi) is 3.85. The third-order valence-electron chi connectivity index (χ3n) is 3.80. The molecule has 1 aromatic rings.